The van der Waals surface area contributed by atoms with Crippen LogP contribution in [0.3, 0.4) is 0 Å². The highest BCUT2D eigenvalue weighted by Gasteiger charge is 2.11. The van der Waals surface area contributed by atoms with Crippen LogP contribution in [0, 0.1) is 6.92 Å². The van der Waals surface area contributed by atoms with Gasteiger partial charge in [0.05, 0.1) is 0 Å². The Kier molecular flexibility index (Phi) is 3.28. The van der Waals surface area contributed by atoms with Crippen LogP contribution in [-0.4, -0.2) is 5.11 Å². The smallest absolute Gasteiger partial charge is 0.124 e. The standard InChI is InChI=1S/C13H14OP2/c1-8-4-2-6-10(15)12(8)13-9(14)5-3-7-11(13)16/h2-7,14H,15-16H2,1H3. The molecule has 0 saturated carbocycles. The van der Waals surface area contributed by atoms with Crippen molar-refractivity contribution >= 4 is 29.1 Å². The molecule has 1 N–H and O–H groups in total. The first-order chi connectivity index (χ1) is 7.61. The molecule has 2 rings (SSSR count). The van der Waals surface area contributed by atoms with Crippen molar-refractivity contribution in [3.63, 3.8) is 0 Å². The van der Waals surface area contributed by atoms with Gasteiger partial charge in [-0.25, -0.2) is 0 Å². The summed E-state index contributed by atoms with van der Waals surface area (Å²) in [4.78, 5) is 0. The molecule has 1 nitrogen and oxygen atoms in total. The molecule has 0 aliphatic heterocycles. The molecule has 0 aliphatic rings. The van der Waals surface area contributed by atoms with Gasteiger partial charge in [-0.2, -0.15) is 0 Å². The van der Waals surface area contributed by atoms with E-state index in [-0.39, 0.29) is 0 Å². The Bertz CT molecular complexity index is 445. The Hall–Kier alpha value is -0.900. The van der Waals surface area contributed by atoms with Crippen LogP contribution in [0.4, 0.5) is 0 Å². The van der Waals surface area contributed by atoms with Crippen LogP contribution in [0.2, 0.25) is 0 Å². The molecule has 0 spiro atoms. The maximum absolute atomic E-state index is 9.97. The monoisotopic (exact) mass is 248 g/mol. The Morgan fingerprint density at radius 1 is 0.875 bits per heavy atom. The Morgan fingerprint density at radius 3 is 2.00 bits per heavy atom. The molecule has 2 unspecified atom stereocenters. The van der Waals surface area contributed by atoms with E-state index in [9.17, 15) is 5.11 Å². The second kappa shape index (κ2) is 4.53. The maximum Gasteiger partial charge on any atom is 0.124 e. The molecule has 2 atom stereocenters. The summed E-state index contributed by atoms with van der Waals surface area (Å²) >= 11 is 0. The molecule has 2 aromatic rings. The molecule has 0 fully saturated rings. The molecule has 0 aliphatic carbocycles. The van der Waals surface area contributed by atoms with Crippen LogP contribution >= 0.6 is 18.5 Å². The molecule has 0 heterocycles. The molecule has 0 aromatic heterocycles. The fraction of sp³-hybridized carbons (Fsp3) is 0.0769. The first-order valence-corrected chi connectivity index (χ1v) is 6.19. The minimum atomic E-state index is 0.325. The summed E-state index contributed by atoms with van der Waals surface area (Å²) < 4.78 is 0. The van der Waals surface area contributed by atoms with Crippen molar-refractivity contribution < 1.29 is 5.11 Å². The van der Waals surface area contributed by atoms with Gasteiger partial charge in [0.25, 0.3) is 0 Å². The number of hydrogen-bond acceptors (Lipinski definition) is 1. The molecule has 2 aromatic carbocycles. The normalized spacial score (nSPS) is 10.4. The van der Waals surface area contributed by atoms with Crippen molar-refractivity contribution in [2.75, 3.05) is 0 Å². The zero-order valence-corrected chi connectivity index (χ0v) is 11.4. The van der Waals surface area contributed by atoms with E-state index in [4.69, 9.17) is 0 Å². The van der Waals surface area contributed by atoms with Gasteiger partial charge in [-0.1, -0.05) is 30.3 Å². The van der Waals surface area contributed by atoms with E-state index in [1.807, 2.05) is 24.3 Å². The van der Waals surface area contributed by atoms with Gasteiger partial charge < -0.3 is 5.11 Å². The fourth-order valence-corrected chi connectivity index (χ4v) is 2.75. The minimum absolute atomic E-state index is 0.325. The lowest BCUT2D eigenvalue weighted by molar-refractivity contribution is 0.478. The van der Waals surface area contributed by atoms with E-state index in [1.54, 1.807) is 6.07 Å². The number of phenolic OH excluding ortho intramolecular Hbond substituents is 1. The van der Waals surface area contributed by atoms with E-state index in [1.165, 1.54) is 0 Å². The van der Waals surface area contributed by atoms with E-state index >= 15 is 0 Å². The lowest BCUT2D eigenvalue weighted by Crippen LogP contribution is -2.06. The van der Waals surface area contributed by atoms with E-state index in [2.05, 4.69) is 31.5 Å². The third-order valence-electron chi connectivity index (χ3n) is 2.63. The maximum atomic E-state index is 9.97. The second-order valence-corrected chi connectivity index (χ2v) is 5.02. The van der Waals surface area contributed by atoms with Gasteiger partial charge >= 0.3 is 0 Å². The molecule has 82 valence electrons. The van der Waals surface area contributed by atoms with E-state index in [0.717, 1.165) is 27.3 Å². The molecule has 0 amide bonds. The predicted octanol–water partition coefficient (Wildman–Crippen LogP) is 2.37. The van der Waals surface area contributed by atoms with E-state index in [0.29, 0.717) is 5.75 Å². The third-order valence-corrected chi connectivity index (χ3v) is 3.59. The highest BCUT2D eigenvalue weighted by Crippen LogP contribution is 2.30. The predicted molar refractivity (Wildman–Crippen MR) is 77.0 cm³/mol. The van der Waals surface area contributed by atoms with Gasteiger partial charge in [-0.3, -0.25) is 0 Å². The lowest BCUT2D eigenvalue weighted by Gasteiger charge is -2.13. The van der Waals surface area contributed by atoms with Crippen molar-refractivity contribution in [1.82, 2.24) is 0 Å². The van der Waals surface area contributed by atoms with E-state index < -0.39 is 0 Å². The van der Waals surface area contributed by atoms with Crippen LogP contribution in [0.5, 0.6) is 5.75 Å². The Morgan fingerprint density at radius 2 is 1.44 bits per heavy atom. The quantitative estimate of drug-likeness (QED) is 0.768. The number of phenols is 1. The summed E-state index contributed by atoms with van der Waals surface area (Å²) in [5.41, 5.74) is 3.16. The summed E-state index contributed by atoms with van der Waals surface area (Å²) in [5.74, 6) is 0.325. The largest absolute Gasteiger partial charge is 0.507 e. The molecule has 0 bridgehead atoms. The molecule has 0 radical (unpaired) electrons. The van der Waals surface area contributed by atoms with Crippen molar-refractivity contribution in [3.05, 3.63) is 42.0 Å². The van der Waals surface area contributed by atoms with Crippen LogP contribution in [0.1, 0.15) is 5.56 Å². The fourth-order valence-electron chi connectivity index (χ4n) is 1.86. The topological polar surface area (TPSA) is 20.2 Å². The van der Waals surface area contributed by atoms with Crippen molar-refractivity contribution in [2.24, 2.45) is 0 Å². The average Bonchev–Trinajstić information content (AvgIpc) is 2.21. The molecular formula is C13H14OP2. The number of benzene rings is 2. The first kappa shape index (κ1) is 11.6. The van der Waals surface area contributed by atoms with Gasteiger partial charge in [0.1, 0.15) is 5.75 Å². The lowest BCUT2D eigenvalue weighted by atomic mass is 9.99. The average molecular weight is 248 g/mol. The summed E-state index contributed by atoms with van der Waals surface area (Å²) in [6.45, 7) is 2.06. The molecule has 3 heteroatoms. The van der Waals surface area contributed by atoms with Crippen molar-refractivity contribution in [3.8, 4) is 16.9 Å². The van der Waals surface area contributed by atoms with Gasteiger partial charge in [0.2, 0.25) is 0 Å². The highest BCUT2D eigenvalue weighted by atomic mass is 31.0. The van der Waals surface area contributed by atoms with Crippen LogP contribution < -0.4 is 10.6 Å². The summed E-state index contributed by atoms with van der Waals surface area (Å²) in [7, 11) is 5.39. The molecular weight excluding hydrogens is 234 g/mol. The first-order valence-electron chi connectivity index (χ1n) is 5.04. The van der Waals surface area contributed by atoms with Gasteiger partial charge in [0.15, 0.2) is 0 Å². The Balaban J connectivity index is 2.77. The van der Waals surface area contributed by atoms with Crippen LogP contribution in [0.15, 0.2) is 36.4 Å². The SMILES string of the molecule is Cc1cccc(P)c1-c1c(O)cccc1P. The van der Waals surface area contributed by atoms with Crippen molar-refractivity contribution in [2.45, 2.75) is 6.92 Å². The Labute approximate surface area is 100 Å². The summed E-state index contributed by atoms with van der Waals surface area (Å²) in [5, 5.41) is 12.1. The number of rotatable bonds is 1. The van der Waals surface area contributed by atoms with Crippen LogP contribution in [-0.2, 0) is 0 Å². The van der Waals surface area contributed by atoms with Crippen molar-refractivity contribution in [1.29, 1.82) is 0 Å². The van der Waals surface area contributed by atoms with Gasteiger partial charge in [-0.15, -0.1) is 18.5 Å². The second-order valence-electron chi connectivity index (χ2n) is 3.78. The molecule has 16 heavy (non-hydrogen) atoms. The zero-order valence-electron chi connectivity index (χ0n) is 9.07. The zero-order chi connectivity index (χ0) is 11.7. The number of hydrogen-bond donors (Lipinski definition) is 1. The summed E-state index contributed by atoms with van der Waals surface area (Å²) in [6.07, 6.45) is 0. The minimum Gasteiger partial charge on any atom is -0.507 e. The molecule has 0 saturated heterocycles. The third kappa shape index (κ3) is 1.98. The van der Waals surface area contributed by atoms with Gasteiger partial charge in [0, 0.05) is 5.56 Å². The summed E-state index contributed by atoms with van der Waals surface area (Å²) in [6, 6.07) is 11.7. The van der Waals surface area contributed by atoms with Crippen LogP contribution in [0.25, 0.3) is 11.1 Å². The van der Waals surface area contributed by atoms with Gasteiger partial charge in [-0.05, 0) is 34.7 Å². The number of aryl methyl sites for hydroxylation is 1. The number of aromatic hydroxyl groups is 1. The highest BCUT2D eigenvalue weighted by molar-refractivity contribution is 7.29.